The molecule has 1 rings (SSSR count). The Morgan fingerprint density at radius 2 is 2.11 bits per heavy atom. The Kier molecular flexibility index (Phi) is 4.72. The maximum Gasteiger partial charge on any atom is 0.242 e. The molecule has 0 fully saturated rings. The lowest BCUT2D eigenvalue weighted by Gasteiger charge is -2.27. The quantitative estimate of drug-likeness (QED) is 0.789. The Morgan fingerprint density at radius 3 is 2.67 bits per heavy atom. The average Bonchev–Trinajstić information content (AvgIpc) is 2.25. The molecule has 3 N–H and O–H groups in total. The molecule has 1 aromatic rings. The fourth-order valence-electron chi connectivity index (χ4n) is 1.64. The van der Waals surface area contributed by atoms with Gasteiger partial charge in [0.25, 0.3) is 0 Å². The first-order chi connectivity index (χ1) is 8.35. The number of aromatic nitrogens is 2. The largest absolute Gasteiger partial charge is 0.476 e. The summed E-state index contributed by atoms with van der Waals surface area (Å²) in [6.45, 7) is 6.46. The van der Waals surface area contributed by atoms with Crippen molar-refractivity contribution >= 4 is 11.5 Å². The van der Waals surface area contributed by atoms with Crippen LogP contribution in [0.2, 0.25) is 0 Å². The zero-order chi connectivity index (χ0) is 13.8. The van der Waals surface area contributed by atoms with E-state index in [4.69, 9.17) is 10.5 Å². The molecule has 1 aromatic heterocycles. The van der Waals surface area contributed by atoms with Gasteiger partial charge in [-0.1, -0.05) is 6.92 Å². The van der Waals surface area contributed by atoms with Crippen LogP contribution in [0.1, 0.15) is 27.2 Å². The topological polar surface area (TPSA) is 84.5 Å². The minimum absolute atomic E-state index is 0.393. The molecule has 102 valence electrons. The molecule has 0 bridgehead atoms. The second-order valence-electron chi connectivity index (χ2n) is 4.93. The SMILES string of the molecule is CCCOc1ncnc(N(C)CC(C)(C)O)c1N. The highest BCUT2D eigenvalue weighted by Gasteiger charge is 2.20. The molecule has 0 aliphatic carbocycles. The minimum atomic E-state index is -0.823. The predicted octanol–water partition coefficient (Wildman–Crippen LogP) is 1.05. The third-order valence-corrected chi connectivity index (χ3v) is 2.25. The number of nitrogen functional groups attached to an aromatic ring is 1. The summed E-state index contributed by atoms with van der Waals surface area (Å²) in [6.07, 6.45) is 2.30. The van der Waals surface area contributed by atoms with E-state index < -0.39 is 5.60 Å². The smallest absolute Gasteiger partial charge is 0.242 e. The molecular weight excluding hydrogens is 232 g/mol. The van der Waals surface area contributed by atoms with Crippen molar-refractivity contribution in [3.63, 3.8) is 0 Å². The lowest BCUT2D eigenvalue weighted by atomic mass is 10.1. The molecule has 0 amide bonds. The summed E-state index contributed by atoms with van der Waals surface area (Å²) in [6, 6.07) is 0. The van der Waals surface area contributed by atoms with Gasteiger partial charge in [-0.05, 0) is 20.3 Å². The summed E-state index contributed by atoms with van der Waals surface area (Å²) in [7, 11) is 1.82. The normalized spacial score (nSPS) is 11.4. The molecule has 0 aromatic carbocycles. The molecule has 0 aliphatic rings. The number of rotatable bonds is 6. The Balaban J connectivity index is 2.89. The molecule has 1 heterocycles. The van der Waals surface area contributed by atoms with Gasteiger partial charge in [0, 0.05) is 13.6 Å². The van der Waals surface area contributed by atoms with E-state index >= 15 is 0 Å². The van der Waals surface area contributed by atoms with E-state index in [1.807, 2.05) is 14.0 Å². The van der Waals surface area contributed by atoms with Crippen molar-refractivity contribution in [2.45, 2.75) is 32.8 Å². The lowest BCUT2D eigenvalue weighted by molar-refractivity contribution is 0.0884. The second-order valence-corrected chi connectivity index (χ2v) is 4.93. The molecular formula is C12H22N4O2. The van der Waals surface area contributed by atoms with Crippen molar-refractivity contribution in [2.24, 2.45) is 0 Å². The van der Waals surface area contributed by atoms with Crippen LogP contribution in [-0.4, -0.2) is 40.9 Å². The highest BCUT2D eigenvalue weighted by atomic mass is 16.5. The number of hydrogen-bond acceptors (Lipinski definition) is 6. The second kappa shape index (κ2) is 5.86. The van der Waals surface area contributed by atoms with Crippen molar-refractivity contribution < 1.29 is 9.84 Å². The van der Waals surface area contributed by atoms with E-state index in [2.05, 4.69) is 9.97 Å². The standard InChI is InChI=1S/C12H22N4O2/c1-5-6-18-11-9(13)10(14-8-15-11)16(4)7-12(2,3)17/h8,17H,5-7,13H2,1-4H3. The summed E-state index contributed by atoms with van der Waals surface area (Å²) < 4.78 is 5.44. The highest BCUT2D eigenvalue weighted by molar-refractivity contribution is 5.67. The van der Waals surface area contributed by atoms with Gasteiger partial charge in [-0.25, -0.2) is 4.98 Å². The van der Waals surface area contributed by atoms with Gasteiger partial charge < -0.3 is 20.5 Å². The van der Waals surface area contributed by atoms with Gasteiger partial charge in [0.15, 0.2) is 5.82 Å². The monoisotopic (exact) mass is 254 g/mol. The lowest BCUT2D eigenvalue weighted by Crippen LogP contribution is -2.37. The van der Waals surface area contributed by atoms with Gasteiger partial charge in [-0.2, -0.15) is 4.98 Å². The van der Waals surface area contributed by atoms with Crippen LogP contribution in [0.3, 0.4) is 0 Å². The van der Waals surface area contributed by atoms with Crippen molar-refractivity contribution in [2.75, 3.05) is 30.8 Å². The van der Waals surface area contributed by atoms with E-state index in [9.17, 15) is 5.11 Å². The first-order valence-corrected chi connectivity index (χ1v) is 6.02. The Hall–Kier alpha value is -1.56. The summed E-state index contributed by atoms with van der Waals surface area (Å²) in [5.41, 5.74) is 5.55. The summed E-state index contributed by atoms with van der Waals surface area (Å²) in [4.78, 5) is 9.93. The van der Waals surface area contributed by atoms with Crippen LogP contribution in [0.25, 0.3) is 0 Å². The van der Waals surface area contributed by atoms with Crippen LogP contribution in [0.15, 0.2) is 6.33 Å². The van der Waals surface area contributed by atoms with Gasteiger partial charge >= 0.3 is 0 Å². The maximum absolute atomic E-state index is 9.79. The van der Waals surface area contributed by atoms with Gasteiger partial charge in [-0.15, -0.1) is 0 Å². The summed E-state index contributed by atoms with van der Waals surface area (Å²) in [5.74, 6) is 0.961. The molecule has 0 spiro atoms. The zero-order valence-electron chi connectivity index (χ0n) is 11.5. The van der Waals surface area contributed by atoms with Crippen LogP contribution in [-0.2, 0) is 0 Å². The van der Waals surface area contributed by atoms with Crippen LogP contribution < -0.4 is 15.4 Å². The molecule has 6 nitrogen and oxygen atoms in total. The molecule has 18 heavy (non-hydrogen) atoms. The molecule has 0 saturated carbocycles. The number of anilines is 2. The summed E-state index contributed by atoms with van der Waals surface area (Å²) in [5, 5.41) is 9.79. The summed E-state index contributed by atoms with van der Waals surface area (Å²) >= 11 is 0. The number of nitrogens with zero attached hydrogens (tertiary/aromatic N) is 3. The molecule has 0 saturated heterocycles. The third-order valence-electron chi connectivity index (χ3n) is 2.25. The van der Waals surface area contributed by atoms with E-state index in [0.717, 1.165) is 6.42 Å². The van der Waals surface area contributed by atoms with E-state index in [-0.39, 0.29) is 0 Å². The van der Waals surface area contributed by atoms with E-state index in [1.165, 1.54) is 6.33 Å². The van der Waals surface area contributed by atoms with Crippen molar-refractivity contribution in [1.29, 1.82) is 0 Å². The van der Waals surface area contributed by atoms with Gasteiger partial charge in [0.1, 0.15) is 12.0 Å². The first kappa shape index (κ1) is 14.5. The van der Waals surface area contributed by atoms with Gasteiger partial charge in [0.2, 0.25) is 5.88 Å². The van der Waals surface area contributed by atoms with Crippen LogP contribution in [0.4, 0.5) is 11.5 Å². The number of hydrogen-bond donors (Lipinski definition) is 2. The highest BCUT2D eigenvalue weighted by Crippen LogP contribution is 2.27. The molecule has 6 heteroatoms. The fourth-order valence-corrected chi connectivity index (χ4v) is 1.64. The predicted molar refractivity (Wildman–Crippen MR) is 71.8 cm³/mol. The molecule has 0 unspecified atom stereocenters. The minimum Gasteiger partial charge on any atom is -0.476 e. The van der Waals surface area contributed by atoms with E-state index in [1.54, 1.807) is 18.7 Å². The van der Waals surface area contributed by atoms with Crippen molar-refractivity contribution in [3.05, 3.63) is 6.33 Å². The van der Waals surface area contributed by atoms with Crippen LogP contribution >= 0.6 is 0 Å². The number of likely N-dealkylation sites (N-methyl/N-ethyl adjacent to an activating group) is 1. The number of nitrogens with two attached hydrogens (primary N) is 1. The molecule has 0 radical (unpaired) electrons. The third kappa shape index (κ3) is 4.03. The van der Waals surface area contributed by atoms with Crippen LogP contribution in [0.5, 0.6) is 5.88 Å². The fraction of sp³-hybridized carbons (Fsp3) is 0.667. The van der Waals surface area contributed by atoms with Crippen molar-refractivity contribution in [1.82, 2.24) is 9.97 Å². The van der Waals surface area contributed by atoms with Crippen LogP contribution in [0, 0.1) is 0 Å². The Labute approximate surface area is 108 Å². The molecule has 0 atom stereocenters. The van der Waals surface area contributed by atoms with E-state index in [0.29, 0.717) is 30.5 Å². The average molecular weight is 254 g/mol. The Morgan fingerprint density at radius 1 is 1.44 bits per heavy atom. The maximum atomic E-state index is 9.79. The zero-order valence-corrected chi connectivity index (χ0v) is 11.5. The van der Waals surface area contributed by atoms with Crippen molar-refractivity contribution in [3.8, 4) is 5.88 Å². The van der Waals surface area contributed by atoms with Gasteiger partial charge in [0.05, 0.1) is 12.2 Å². The number of aliphatic hydroxyl groups is 1. The Bertz CT molecular complexity index is 390. The molecule has 0 aliphatic heterocycles. The first-order valence-electron chi connectivity index (χ1n) is 6.02. The van der Waals surface area contributed by atoms with Gasteiger partial charge in [-0.3, -0.25) is 0 Å². The number of ether oxygens (including phenoxy) is 1.